The van der Waals surface area contributed by atoms with Crippen molar-refractivity contribution in [2.24, 2.45) is 0 Å². The minimum Gasteiger partial charge on any atom is -0.382 e. The summed E-state index contributed by atoms with van der Waals surface area (Å²) in [5.74, 6) is 0. The van der Waals surface area contributed by atoms with Crippen LogP contribution in [0.3, 0.4) is 0 Å². The van der Waals surface area contributed by atoms with Gasteiger partial charge in [0.2, 0.25) is 0 Å². The summed E-state index contributed by atoms with van der Waals surface area (Å²) in [7, 11) is 3.75. The molecule has 0 aromatic carbocycles. The summed E-state index contributed by atoms with van der Waals surface area (Å²) in [6, 6.07) is 0. The fourth-order valence-electron chi connectivity index (χ4n) is 0.204. The predicted octanol–water partition coefficient (Wildman–Crippen LogP) is 0.878. The van der Waals surface area contributed by atoms with E-state index in [9.17, 15) is 0 Å². The normalized spacial score (nSPS) is 7.50. The van der Waals surface area contributed by atoms with Crippen LogP contribution >= 0.6 is 0 Å². The van der Waals surface area contributed by atoms with Crippen molar-refractivity contribution < 1.29 is 4.74 Å². The quantitative estimate of drug-likeness (QED) is 0.582. The van der Waals surface area contributed by atoms with Crippen molar-refractivity contribution in [3.05, 3.63) is 0 Å². The first-order valence-corrected chi connectivity index (χ1v) is 2.99. The monoisotopic (exact) mass is 119 g/mol. The third-order valence-electron chi connectivity index (χ3n) is 0.408. The summed E-state index contributed by atoms with van der Waals surface area (Å²) in [4.78, 5) is 0. The molecule has 1 N–H and O–H groups in total. The molecule has 8 heavy (non-hydrogen) atoms. The van der Waals surface area contributed by atoms with Crippen molar-refractivity contribution in [2.45, 2.75) is 13.8 Å². The summed E-state index contributed by atoms with van der Waals surface area (Å²) in [6.45, 7) is 5.67. The summed E-state index contributed by atoms with van der Waals surface area (Å²) >= 11 is 0. The Morgan fingerprint density at radius 3 is 1.38 bits per heavy atom. The lowest BCUT2D eigenvalue weighted by Crippen LogP contribution is -1.89. The molecule has 2 heteroatoms. The third kappa shape index (κ3) is 38.9. The van der Waals surface area contributed by atoms with E-state index >= 15 is 0 Å². The molecule has 0 atom stereocenters. The van der Waals surface area contributed by atoms with E-state index < -0.39 is 0 Å². The van der Waals surface area contributed by atoms with Gasteiger partial charge in [0.25, 0.3) is 0 Å². The maximum absolute atomic E-state index is 4.83. The molecule has 0 bridgehead atoms. The summed E-state index contributed by atoms with van der Waals surface area (Å²) in [6.07, 6.45) is 0. The van der Waals surface area contributed by atoms with Crippen LogP contribution in [-0.4, -0.2) is 27.3 Å². The first-order valence-electron chi connectivity index (χ1n) is 2.99. The largest absolute Gasteiger partial charge is 0.382 e. The van der Waals surface area contributed by atoms with Crippen LogP contribution in [0.1, 0.15) is 13.8 Å². The van der Waals surface area contributed by atoms with Gasteiger partial charge in [0.15, 0.2) is 0 Å². The van der Waals surface area contributed by atoms with Crippen molar-refractivity contribution in [3.8, 4) is 0 Å². The molecule has 0 amide bonds. The maximum Gasteiger partial charge on any atom is 0.0437 e. The van der Waals surface area contributed by atoms with Crippen LogP contribution < -0.4 is 5.32 Å². The average Bonchev–Trinajstić information content (AvgIpc) is 1.71. The zero-order chi connectivity index (χ0) is 6.83. The van der Waals surface area contributed by atoms with E-state index in [2.05, 4.69) is 5.32 Å². The van der Waals surface area contributed by atoms with E-state index in [1.54, 1.807) is 0 Å². The van der Waals surface area contributed by atoms with Gasteiger partial charge in [-0.3, -0.25) is 0 Å². The lowest BCUT2D eigenvalue weighted by Gasteiger charge is -1.86. The highest BCUT2D eigenvalue weighted by Crippen LogP contribution is 1.64. The molecule has 0 aromatic rings. The Balaban J connectivity index is 0. The smallest absolute Gasteiger partial charge is 0.0437 e. The lowest BCUT2D eigenvalue weighted by atomic mass is 10.8. The Labute approximate surface area is 52.2 Å². The van der Waals surface area contributed by atoms with Gasteiger partial charge in [-0.2, -0.15) is 0 Å². The summed E-state index contributed by atoms with van der Waals surface area (Å²) in [5, 5.41) is 2.75. The van der Waals surface area contributed by atoms with Gasteiger partial charge in [0.05, 0.1) is 0 Å². The van der Waals surface area contributed by atoms with Crippen molar-refractivity contribution in [1.82, 2.24) is 5.32 Å². The van der Waals surface area contributed by atoms with E-state index in [4.69, 9.17) is 4.74 Å². The van der Waals surface area contributed by atoms with Gasteiger partial charge < -0.3 is 10.1 Å². The van der Waals surface area contributed by atoms with Crippen LogP contribution in [0.25, 0.3) is 0 Å². The van der Waals surface area contributed by atoms with Gasteiger partial charge in [-0.25, -0.2) is 0 Å². The van der Waals surface area contributed by atoms with Gasteiger partial charge in [0, 0.05) is 13.2 Å². The average molecular weight is 119 g/mol. The van der Waals surface area contributed by atoms with Gasteiger partial charge in [0.1, 0.15) is 0 Å². The van der Waals surface area contributed by atoms with E-state index in [1.165, 1.54) is 0 Å². The van der Waals surface area contributed by atoms with Crippen molar-refractivity contribution in [1.29, 1.82) is 0 Å². The number of hydrogen-bond donors (Lipinski definition) is 1. The second-order valence-electron chi connectivity index (χ2n) is 1.28. The fraction of sp³-hybridized carbons (Fsp3) is 1.00. The van der Waals surface area contributed by atoms with Crippen LogP contribution in [0.2, 0.25) is 0 Å². The van der Waals surface area contributed by atoms with E-state index in [-0.39, 0.29) is 0 Å². The minimum absolute atomic E-state index is 0.844. The van der Waals surface area contributed by atoms with Crippen LogP contribution in [-0.2, 0) is 4.74 Å². The summed E-state index contributed by atoms with van der Waals surface area (Å²) < 4.78 is 4.83. The van der Waals surface area contributed by atoms with Crippen molar-refractivity contribution in [3.63, 3.8) is 0 Å². The van der Waals surface area contributed by atoms with Gasteiger partial charge in [-0.05, 0) is 27.9 Å². The highest BCUT2D eigenvalue weighted by atomic mass is 16.5. The predicted molar refractivity (Wildman–Crippen MR) is 37.2 cm³/mol. The Bertz CT molecular complexity index is 22.5. The zero-order valence-corrected chi connectivity index (χ0v) is 6.32. The first-order chi connectivity index (χ1) is 3.83. The molecule has 52 valence electrons. The minimum atomic E-state index is 0.844. The molecule has 0 aliphatic rings. The van der Waals surface area contributed by atoms with Crippen LogP contribution in [0.4, 0.5) is 0 Å². The van der Waals surface area contributed by atoms with Gasteiger partial charge >= 0.3 is 0 Å². The number of rotatable bonds is 2. The fourth-order valence-corrected chi connectivity index (χ4v) is 0.204. The second kappa shape index (κ2) is 15.8. The zero-order valence-electron chi connectivity index (χ0n) is 6.32. The molecule has 0 radical (unpaired) electrons. The topological polar surface area (TPSA) is 21.3 Å². The van der Waals surface area contributed by atoms with E-state index in [0.29, 0.717) is 0 Å². The Kier molecular flexibility index (Phi) is 21.3. The van der Waals surface area contributed by atoms with E-state index in [1.807, 2.05) is 27.9 Å². The van der Waals surface area contributed by atoms with Crippen LogP contribution in [0.5, 0.6) is 0 Å². The Morgan fingerprint density at radius 2 is 1.38 bits per heavy atom. The van der Waals surface area contributed by atoms with Gasteiger partial charge in [-0.15, -0.1) is 0 Å². The number of hydrogen-bond acceptors (Lipinski definition) is 2. The van der Waals surface area contributed by atoms with Gasteiger partial charge in [-0.1, -0.05) is 0 Å². The molecule has 0 unspecified atom stereocenters. The van der Waals surface area contributed by atoms with Crippen LogP contribution in [0, 0.1) is 0 Å². The molecule has 0 rings (SSSR count). The molecule has 0 saturated carbocycles. The Morgan fingerprint density at radius 1 is 1.12 bits per heavy atom. The third-order valence-corrected chi connectivity index (χ3v) is 0.408. The molecular formula is C6H17NO. The molecule has 0 aliphatic heterocycles. The standard InChI is InChI=1S/C4H10O.C2H7N/c1-3-5-4-2;1-3-2/h3-4H2,1-2H3;3H,1-2H3. The lowest BCUT2D eigenvalue weighted by molar-refractivity contribution is 0.162. The molecule has 0 heterocycles. The molecule has 0 aromatic heterocycles. The Hall–Kier alpha value is -0.0800. The highest BCUT2D eigenvalue weighted by molar-refractivity contribution is 4.07. The SMILES string of the molecule is CCOCC.CNC. The molecule has 0 aliphatic carbocycles. The highest BCUT2D eigenvalue weighted by Gasteiger charge is 1.64. The number of ether oxygens (including phenoxy) is 1. The van der Waals surface area contributed by atoms with Crippen molar-refractivity contribution in [2.75, 3.05) is 27.3 Å². The van der Waals surface area contributed by atoms with Crippen molar-refractivity contribution >= 4 is 0 Å². The second-order valence-corrected chi connectivity index (χ2v) is 1.28. The molecule has 2 nitrogen and oxygen atoms in total. The first kappa shape index (κ1) is 10.8. The van der Waals surface area contributed by atoms with E-state index in [0.717, 1.165) is 13.2 Å². The molecule has 0 saturated heterocycles. The number of nitrogens with one attached hydrogen (secondary N) is 1. The molecule has 0 fully saturated rings. The maximum atomic E-state index is 4.83. The van der Waals surface area contributed by atoms with Crippen LogP contribution in [0.15, 0.2) is 0 Å². The summed E-state index contributed by atoms with van der Waals surface area (Å²) in [5.41, 5.74) is 0. The molecular weight excluding hydrogens is 102 g/mol. The molecule has 0 spiro atoms.